The predicted octanol–water partition coefficient (Wildman–Crippen LogP) is 11.1. The van der Waals surface area contributed by atoms with Crippen molar-refractivity contribution in [3.05, 3.63) is 131 Å². The zero-order valence-electron chi connectivity index (χ0n) is 74.7. The number of hydrogen-bond donors (Lipinski definition) is 18. The number of allylic oxidation sites excluding steroid dienone is 7. The van der Waals surface area contributed by atoms with Gasteiger partial charge in [-0.3, -0.25) is 66.2 Å². The number of carboxylic acids is 9. The third-order valence-corrected chi connectivity index (χ3v) is 33.4. The second-order valence-electron chi connectivity index (χ2n) is 37.9. The van der Waals surface area contributed by atoms with E-state index in [2.05, 4.69) is 77.1 Å². The fourth-order valence-corrected chi connectivity index (χ4v) is 26.9. The van der Waals surface area contributed by atoms with E-state index >= 15 is 4.79 Å². The van der Waals surface area contributed by atoms with Crippen LogP contribution in [-0.2, 0) is 97.0 Å². The number of amides is 4. The van der Waals surface area contributed by atoms with Crippen molar-refractivity contribution < 1.29 is 159 Å². The Hall–Kier alpha value is -10.5. The SMILES string of the molecule is CC1(C)C(/C=C/C2=C(Oc3ccc(S(=O)(=O)O)cc3)C(=C/C=C3/Nc4ccccc4C3(C)C)/CCC2)=[N+](CCCCCC(=O)NC23CC4(CCC(=O)N[C@@H](CCP(=O)(O)CC(CCC(=O)O)C(=O)O)C(=O)O)CC(CCC(=O)N[C@@H](CCP(=O)(O)CC(CCC(=O)O)C(=O)O)C(=O)O)(CC(CCC(=O)N[C@@H](CCP(=O)(O)CC(CCC(=O)O)C(=O)O)C(=O)O)(C4)C2)C3)c2ccccc21. The highest BCUT2D eigenvalue weighted by molar-refractivity contribution is 7.85. The number of anilines is 1. The molecule has 3 aromatic carbocycles. The molecule has 9 atom stereocenters. The molecule has 0 aromatic heterocycles. The Morgan fingerprint density at radius 3 is 1.30 bits per heavy atom. The van der Waals surface area contributed by atoms with E-state index < -0.39 is 287 Å². The summed E-state index contributed by atoms with van der Waals surface area (Å²) < 4.78 is 83.5. The van der Waals surface area contributed by atoms with Crippen LogP contribution < -0.4 is 31.3 Å². The van der Waals surface area contributed by atoms with Gasteiger partial charge < -0.3 is 92.0 Å². The minimum Gasteiger partial charge on any atom is -0.481 e. The van der Waals surface area contributed by atoms with Crippen molar-refractivity contribution in [1.82, 2.24) is 21.3 Å². The van der Waals surface area contributed by atoms with Gasteiger partial charge in [0.2, 0.25) is 51.4 Å². The van der Waals surface area contributed by atoms with Crippen LogP contribution in [0.5, 0.6) is 5.75 Å². The van der Waals surface area contributed by atoms with E-state index in [0.29, 0.717) is 50.2 Å². The molecule has 4 fully saturated rings. The molecule has 2 heterocycles. The molecular formula is C91H122N6O32P3S+. The second-order valence-corrected chi connectivity index (χ2v) is 46.9. The molecule has 42 heteroatoms. The summed E-state index contributed by atoms with van der Waals surface area (Å²) in [5, 5.41) is 102. The van der Waals surface area contributed by atoms with Crippen LogP contribution in [0.2, 0.25) is 0 Å². The summed E-state index contributed by atoms with van der Waals surface area (Å²) in [5.74, 6) is -20.8. The normalized spacial score (nSPS) is 23.1. The third-order valence-electron chi connectivity index (χ3n) is 26.7. The lowest BCUT2D eigenvalue weighted by molar-refractivity contribution is -0.438. The molecule has 4 amide bonds. The fourth-order valence-electron chi connectivity index (χ4n) is 20.8. The molecule has 0 spiro atoms. The number of unbranched alkanes of at least 4 members (excludes halogenated alkanes) is 2. The zero-order valence-corrected chi connectivity index (χ0v) is 78.2. The summed E-state index contributed by atoms with van der Waals surface area (Å²) in [6.07, 6.45) is -0.268. The number of fused-ring (bicyclic) bond motifs is 2. The average molecular weight is 1940 g/mol. The Morgan fingerprint density at radius 2 is 0.895 bits per heavy atom. The first-order valence-electron chi connectivity index (χ1n) is 44.4. The van der Waals surface area contributed by atoms with Gasteiger partial charge in [-0.15, -0.1) is 0 Å². The maximum atomic E-state index is 15.2. The Kier molecular flexibility index (Phi) is 35.4. The molecule has 2 aliphatic heterocycles. The number of hydrogen-bond acceptors (Lipinski definition) is 20. The molecule has 0 saturated heterocycles. The maximum Gasteiger partial charge on any atom is 0.326 e. The number of para-hydroxylation sites is 2. The molecule has 133 heavy (non-hydrogen) atoms. The molecular weight excluding hydrogens is 1810 g/mol. The Labute approximate surface area is 769 Å². The number of ether oxygens (including phenoxy) is 1. The first-order chi connectivity index (χ1) is 62.1. The number of rotatable bonds is 55. The van der Waals surface area contributed by atoms with Crippen molar-refractivity contribution in [2.24, 2.45) is 34.0 Å². The molecule has 38 nitrogen and oxygen atoms in total. The summed E-state index contributed by atoms with van der Waals surface area (Å²) in [6.45, 7) is 8.97. The zero-order chi connectivity index (χ0) is 98.2. The molecule has 6 unspecified atom stereocenters. The highest BCUT2D eigenvalue weighted by atomic mass is 32.2. The molecule has 3 aromatic rings. The predicted molar refractivity (Wildman–Crippen MR) is 483 cm³/mol. The highest BCUT2D eigenvalue weighted by Crippen LogP contribution is 2.74. The van der Waals surface area contributed by atoms with Crippen LogP contribution in [0.3, 0.4) is 0 Å². The van der Waals surface area contributed by atoms with Gasteiger partial charge in [0.15, 0.2) is 5.71 Å². The molecule has 0 radical (unpaired) electrons. The van der Waals surface area contributed by atoms with Gasteiger partial charge in [0.05, 0.1) is 28.1 Å². The summed E-state index contributed by atoms with van der Waals surface area (Å²) in [4.78, 5) is 200. The Morgan fingerprint density at radius 1 is 0.474 bits per heavy atom. The molecule has 7 aliphatic rings. The van der Waals surface area contributed by atoms with Crippen LogP contribution in [0.1, 0.15) is 219 Å². The second kappa shape index (κ2) is 44.3. The molecule has 728 valence electrons. The van der Waals surface area contributed by atoms with E-state index in [1.165, 1.54) is 24.3 Å². The number of aliphatic carboxylic acids is 9. The van der Waals surface area contributed by atoms with Crippen LogP contribution in [0.15, 0.2) is 125 Å². The monoisotopic (exact) mass is 1940 g/mol. The lowest BCUT2D eigenvalue weighted by atomic mass is 9.35. The largest absolute Gasteiger partial charge is 0.481 e. The molecule has 18 N–H and O–H groups in total. The summed E-state index contributed by atoms with van der Waals surface area (Å²) >= 11 is 0. The number of carbonyl (C=O) groups excluding carboxylic acids is 4. The summed E-state index contributed by atoms with van der Waals surface area (Å²) in [7, 11) is -18.1. The number of nitrogens with zero attached hydrogens (tertiary/aromatic N) is 1. The summed E-state index contributed by atoms with van der Waals surface area (Å²) in [6, 6.07) is 16.0. The first kappa shape index (κ1) is 106. The van der Waals surface area contributed by atoms with Crippen molar-refractivity contribution in [2.75, 3.05) is 48.8 Å². The van der Waals surface area contributed by atoms with Gasteiger partial charge in [-0.2, -0.15) is 13.0 Å². The van der Waals surface area contributed by atoms with Gasteiger partial charge in [-0.1, -0.05) is 56.3 Å². The third kappa shape index (κ3) is 29.5. The number of nitrogens with one attached hydrogen (secondary N) is 5. The number of carboxylic acid groups (broad SMARTS) is 9. The van der Waals surface area contributed by atoms with Gasteiger partial charge in [0, 0.05) is 128 Å². The molecule has 4 saturated carbocycles. The van der Waals surface area contributed by atoms with Gasteiger partial charge in [-0.05, 0) is 218 Å². The van der Waals surface area contributed by atoms with E-state index in [-0.39, 0.29) is 74.5 Å². The van der Waals surface area contributed by atoms with E-state index in [1.807, 2.05) is 54.6 Å². The van der Waals surface area contributed by atoms with Crippen molar-refractivity contribution in [3.8, 4) is 5.75 Å². The Bertz CT molecular complexity index is 5120. The minimum atomic E-state index is -4.53. The lowest BCUT2D eigenvalue weighted by Crippen LogP contribution is -2.69. The minimum absolute atomic E-state index is 0.0625. The van der Waals surface area contributed by atoms with Crippen LogP contribution >= 0.6 is 22.1 Å². The smallest absolute Gasteiger partial charge is 0.326 e. The van der Waals surface area contributed by atoms with Crippen molar-refractivity contribution >= 4 is 127 Å². The van der Waals surface area contributed by atoms with Crippen molar-refractivity contribution in [3.63, 3.8) is 0 Å². The van der Waals surface area contributed by atoms with Gasteiger partial charge in [-0.25, -0.2) is 14.4 Å². The first-order valence-corrected chi connectivity index (χ1v) is 51.9. The molecule has 4 bridgehead atoms. The van der Waals surface area contributed by atoms with Gasteiger partial charge in [0.25, 0.3) is 10.1 Å². The van der Waals surface area contributed by atoms with Gasteiger partial charge >= 0.3 is 53.7 Å². The average Bonchev–Trinajstić information content (AvgIpc) is 1.62. The quantitative estimate of drug-likeness (QED) is 0.0108. The van der Waals surface area contributed by atoms with Crippen LogP contribution in [0.25, 0.3) is 0 Å². The maximum absolute atomic E-state index is 15.2. The van der Waals surface area contributed by atoms with Crippen LogP contribution in [0, 0.1) is 34.0 Å². The lowest BCUT2D eigenvalue weighted by Gasteiger charge is -2.71. The van der Waals surface area contributed by atoms with E-state index in [9.17, 15) is 145 Å². The molecule has 10 rings (SSSR count). The van der Waals surface area contributed by atoms with Crippen molar-refractivity contribution in [1.29, 1.82) is 0 Å². The number of carbonyl (C=O) groups is 13. The highest BCUT2D eigenvalue weighted by Gasteiger charge is 2.68. The standard InChI is InChI=1S/C91H121N6O32P3S/c1-86(2)63-15-7-9-17-65(63)92-70(86)29-20-56-13-12-14-57(79(56)129-61-25-27-62(28-26-61)133(126,127)128)21-30-71-87(3,4)64-16-8-10-18-69(64)97(71)43-11-5-6-19-75(101)96-91-53-88(40-34-72(98)93-66(83(114)115)37-44-130(120,121)47-58(80(108)109)22-31-76(102)103)50-89(54-91,41-35-73(99)94-67(84(116)117)38-45-131(122,123)48-59(81(110)111)23-32-77(104)105)52-90(51-88,55-91)42-36-74(100)95-68(85(118)119)39-46-132(124,125)49-60(82(112)113)24-33-78(106)107/h7-10,15-18,20-21,25-30,58-60,66-68H,5-6,11-14,19,22-24,31-55H2,1-4H3,(H17,93,94,95,96,98,99,100,101,102,103,104,105,106,107,108,109,110,111,112,113,114,115,116,117,118,119,120,121,122,123,124,125,126,127,128)/p+1/t58?,59?,60?,66-,67-,68-,88?,89?,90?,91?/m0/s1. The van der Waals surface area contributed by atoms with E-state index in [0.717, 1.165) is 51.5 Å². The Balaban J connectivity index is 1.01. The van der Waals surface area contributed by atoms with Gasteiger partial charge in [0.1, 0.15) is 36.2 Å². The van der Waals surface area contributed by atoms with Crippen molar-refractivity contribution in [2.45, 2.75) is 247 Å². The number of benzene rings is 3. The van der Waals surface area contributed by atoms with Crippen LogP contribution in [0.4, 0.5) is 11.4 Å². The topological polar surface area (TPSA) is 643 Å². The fraction of sp³-hybridized carbons (Fsp3) is 0.560. The van der Waals surface area contributed by atoms with Crippen LogP contribution in [-0.4, -0.2) is 228 Å². The van der Waals surface area contributed by atoms with E-state index in [4.69, 9.17) is 4.74 Å². The van der Waals surface area contributed by atoms with E-state index in [1.54, 1.807) is 0 Å². The summed E-state index contributed by atoms with van der Waals surface area (Å²) in [5.41, 5.74) is 2.26. The molecule has 5 aliphatic carbocycles.